The van der Waals surface area contributed by atoms with Crippen LogP contribution in [0.4, 0.5) is 0 Å². The number of amides is 1. The van der Waals surface area contributed by atoms with E-state index in [-0.39, 0.29) is 18.4 Å². The Labute approximate surface area is 144 Å². The first-order chi connectivity index (χ1) is 12.2. The first kappa shape index (κ1) is 15.6. The number of primary amides is 1. The van der Waals surface area contributed by atoms with Gasteiger partial charge in [0.2, 0.25) is 5.91 Å². The minimum atomic E-state index is -0.381. The number of nitrogens with one attached hydrogen (secondary N) is 1. The fraction of sp³-hybridized carbons (Fsp3) is 0.444. The number of H-pyrrole nitrogens is 1. The lowest BCUT2D eigenvalue weighted by Gasteiger charge is -2.29. The van der Waals surface area contributed by atoms with Crippen LogP contribution in [0.1, 0.15) is 44.0 Å². The van der Waals surface area contributed by atoms with Gasteiger partial charge in [-0.25, -0.2) is 9.97 Å². The Hall–Kier alpha value is -2.88. The van der Waals surface area contributed by atoms with Gasteiger partial charge in [0.25, 0.3) is 0 Å². The summed E-state index contributed by atoms with van der Waals surface area (Å²) < 4.78 is 2.19. The molecule has 0 spiro atoms. The Morgan fingerprint density at radius 2 is 2.20 bits per heavy atom. The standard InChI is InChI=1S/C18H20N6O/c19-7-5-11-1-3-12(4-2-11)24-16(9-15(20)25)23-14-10-22-18-13(17(14)24)6-8-21-18/h6,8,10-12H,1-5,9H2,(H2,20,25)(H,21,22)/t11-,12-. The Bertz CT molecular complexity index is 971. The van der Waals surface area contributed by atoms with Gasteiger partial charge in [-0.05, 0) is 37.7 Å². The molecular weight excluding hydrogens is 316 g/mol. The van der Waals surface area contributed by atoms with Gasteiger partial charge >= 0.3 is 0 Å². The van der Waals surface area contributed by atoms with Crippen LogP contribution < -0.4 is 5.73 Å². The molecule has 3 N–H and O–H groups in total. The van der Waals surface area contributed by atoms with Crippen LogP contribution in [0.2, 0.25) is 0 Å². The fourth-order valence-corrected chi connectivity index (χ4v) is 4.05. The smallest absolute Gasteiger partial charge is 0.225 e. The molecule has 1 fully saturated rings. The van der Waals surface area contributed by atoms with Gasteiger partial charge < -0.3 is 15.3 Å². The number of nitriles is 1. The summed E-state index contributed by atoms with van der Waals surface area (Å²) in [7, 11) is 0. The largest absolute Gasteiger partial charge is 0.369 e. The molecule has 3 aromatic rings. The summed E-state index contributed by atoms with van der Waals surface area (Å²) in [5.41, 5.74) is 8.08. The molecule has 25 heavy (non-hydrogen) atoms. The number of nitrogens with two attached hydrogens (primary N) is 1. The highest BCUT2D eigenvalue weighted by Crippen LogP contribution is 2.37. The molecule has 0 saturated heterocycles. The summed E-state index contributed by atoms with van der Waals surface area (Å²) in [5.74, 6) is 0.805. The minimum Gasteiger partial charge on any atom is -0.369 e. The molecule has 0 bridgehead atoms. The van der Waals surface area contributed by atoms with E-state index in [1.165, 1.54) is 0 Å². The number of aromatic amines is 1. The van der Waals surface area contributed by atoms with E-state index in [0.29, 0.717) is 18.2 Å². The molecule has 0 aromatic carbocycles. The fourth-order valence-electron chi connectivity index (χ4n) is 4.05. The Kier molecular flexibility index (Phi) is 3.88. The lowest BCUT2D eigenvalue weighted by atomic mass is 9.84. The number of nitrogens with zero attached hydrogens (tertiary/aromatic N) is 4. The lowest BCUT2D eigenvalue weighted by Crippen LogP contribution is -2.23. The molecule has 128 valence electrons. The average Bonchev–Trinajstić information content (AvgIpc) is 3.19. The van der Waals surface area contributed by atoms with Gasteiger partial charge in [-0.15, -0.1) is 0 Å². The first-order valence-corrected chi connectivity index (χ1v) is 8.65. The van der Waals surface area contributed by atoms with Crippen LogP contribution in [0.3, 0.4) is 0 Å². The number of imidazole rings is 1. The molecule has 7 heteroatoms. The van der Waals surface area contributed by atoms with Crippen molar-refractivity contribution in [3.8, 4) is 6.07 Å². The minimum absolute atomic E-state index is 0.124. The van der Waals surface area contributed by atoms with Crippen LogP contribution in [0.15, 0.2) is 18.5 Å². The summed E-state index contributed by atoms with van der Waals surface area (Å²) in [4.78, 5) is 23.7. The summed E-state index contributed by atoms with van der Waals surface area (Å²) in [6.07, 6.45) is 8.37. The van der Waals surface area contributed by atoms with Gasteiger partial charge in [-0.3, -0.25) is 4.79 Å². The third-order valence-corrected chi connectivity index (χ3v) is 5.20. The lowest BCUT2D eigenvalue weighted by molar-refractivity contribution is -0.117. The molecule has 0 atom stereocenters. The highest BCUT2D eigenvalue weighted by molar-refractivity contribution is 6.01. The number of hydrogen-bond donors (Lipinski definition) is 2. The van der Waals surface area contributed by atoms with E-state index in [0.717, 1.165) is 47.8 Å². The van der Waals surface area contributed by atoms with Crippen molar-refractivity contribution in [2.75, 3.05) is 0 Å². The van der Waals surface area contributed by atoms with Crippen LogP contribution in [0.5, 0.6) is 0 Å². The molecule has 3 heterocycles. The Morgan fingerprint density at radius 3 is 2.92 bits per heavy atom. The van der Waals surface area contributed by atoms with Gasteiger partial charge in [-0.1, -0.05) is 0 Å². The summed E-state index contributed by atoms with van der Waals surface area (Å²) in [5, 5.41) is 9.93. The van der Waals surface area contributed by atoms with Crippen molar-refractivity contribution in [1.29, 1.82) is 5.26 Å². The maximum absolute atomic E-state index is 11.5. The van der Waals surface area contributed by atoms with Crippen molar-refractivity contribution in [2.45, 2.75) is 44.6 Å². The van der Waals surface area contributed by atoms with Gasteiger partial charge in [0.15, 0.2) is 0 Å². The summed E-state index contributed by atoms with van der Waals surface area (Å²) >= 11 is 0. The molecule has 4 rings (SSSR count). The maximum Gasteiger partial charge on any atom is 0.225 e. The predicted molar refractivity (Wildman–Crippen MR) is 93.5 cm³/mol. The molecule has 0 unspecified atom stereocenters. The quantitative estimate of drug-likeness (QED) is 0.762. The number of pyridine rings is 1. The van der Waals surface area contributed by atoms with Crippen LogP contribution in [0.25, 0.3) is 22.1 Å². The molecule has 1 aliphatic rings. The molecule has 1 amide bonds. The number of aromatic nitrogens is 4. The number of hydrogen-bond acceptors (Lipinski definition) is 4. The molecule has 1 saturated carbocycles. The zero-order valence-electron chi connectivity index (χ0n) is 13.9. The zero-order chi connectivity index (χ0) is 17.4. The van der Waals surface area contributed by atoms with Gasteiger partial charge in [0, 0.05) is 24.0 Å². The zero-order valence-corrected chi connectivity index (χ0v) is 13.9. The third kappa shape index (κ3) is 2.74. The maximum atomic E-state index is 11.5. The second-order valence-electron chi connectivity index (χ2n) is 6.81. The summed E-state index contributed by atoms with van der Waals surface area (Å²) in [6, 6.07) is 4.55. The topological polar surface area (TPSA) is 113 Å². The third-order valence-electron chi connectivity index (χ3n) is 5.20. The number of carbonyl (C=O) groups excluding carboxylic acids is 1. The number of rotatable bonds is 4. The van der Waals surface area contributed by atoms with Crippen LogP contribution in [0, 0.1) is 17.2 Å². The van der Waals surface area contributed by atoms with E-state index < -0.39 is 0 Å². The normalized spacial score (nSPS) is 20.8. The van der Waals surface area contributed by atoms with Crippen molar-refractivity contribution in [3.05, 3.63) is 24.3 Å². The van der Waals surface area contributed by atoms with Crippen molar-refractivity contribution in [2.24, 2.45) is 11.7 Å². The van der Waals surface area contributed by atoms with Crippen molar-refractivity contribution in [1.82, 2.24) is 19.5 Å². The molecule has 1 aliphatic carbocycles. The predicted octanol–water partition coefficient (Wildman–Crippen LogP) is 2.59. The average molecular weight is 336 g/mol. The second kappa shape index (κ2) is 6.20. The van der Waals surface area contributed by atoms with Gasteiger partial charge in [0.05, 0.1) is 24.2 Å². The molecule has 3 aromatic heterocycles. The van der Waals surface area contributed by atoms with E-state index >= 15 is 0 Å². The van der Waals surface area contributed by atoms with Crippen LogP contribution in [-0.4, -0.2) is 25.4 Å². The van der Waals surface area contributed by atoms with Gasteiger partial charge in [-0.2, -0.15) is 5.26 Å². The first-order valence-electron chi connectivity index (χ1n) is 8.65. The van der Waals surface area contributed by atoms with E-state index in [2.05, 4.69) is 25.6 Å². The van der Waals surface area contributed by atoms with Crippen molar-refractivity contribution in [3.63, 3.8) is 0 Å². The number of carbonyl (C=O) groups is 1. The van der Waals surface area contributed by atoms with E-state index in [4.69, 9.17) is 11.0 Å². The Morgan fingerprint density at radius 1 is 1.40 bits per heavy atom. The number of fused-ring (bicyclic) bond motifs is 3. The van der Waals surface area contributed by atoms with Gasteiger partial charge in [0.1, 0.15) is 17.0 Å². The summed E-state index contributed by atoms with van der Waals surface area (Å²) in [6.45, 7) is 0. The van der Waals surface area contributed by atoms with E-state index in [9.17, 15) is 4.79 Å². The second-order valence-corrected chi connectivity index (χ2v) is 6.81. The van der Waals surface area contributed by atoms with Crippen molar-refractivity contribution >= 4 is 28.0 Å². The monoisotopic (exact) mass is 336 g/mol. The molecule has 0 radical (unpaired) electrons. The van der Waals surface area contributed by atoms with Crippen LogP contribution in [-0.2, 0) is 11.2 Å². The van der Waals surface area contributed by atoms with Crippen molar-refractivity contribution < 1.29 is 4.79 Å². The van der Waals surface area contributed by atoms with E-state index in [1.54, 1.807) is 6.20 Å². The van der Waals surface area contributed by atoms with Crippen LogP contribution >= 0.6 is 0 Å². The highest BCUT2D eigenvalue weighted by atomic mass is 16.1. The molecular formula is C18H20N6O. The molecule has 7 nitrogen and oxygen atoms in total. The SMILES string of the molecule is N#CC[C@H]1CC[C@H](n2c(CC(N)=O)nc3cnc4[nH]ccc4c32)CC1. The highest BCUT2D eigenvalue weighted by Gasteiger charge is 2.27. The molecule has 0 aliphatic heterocycles. The Balaban J connectivity index is 1.81. The van der Waals surface area contributed by atoms with E-state index in [1.807, 2.05) is 12.3 Å².